The lowest BCUT2D eigenvalue weighted by Crippen LogP contribution is -2.45. The minimum absolute atomic E-state index is 0.0107. The van der Waals surface area contributed by atoms with Crippen LogP contribution in [0.25, 0.3) is 0 Å². The molecule has 1 atom stereocenters. The number of fused-ring (bicyclic) bond motifs is 1. The van der Waals surface area contributed by atoms with Gasteiger partial charge in [0, 0.05) is 37.5 Å². The van der Waals surface area contributed by atoms with Crippen LogP contribution in [-0.2, 0) is 28.6 Å². The van der Waals surface area contributed by atoms with Crippen LogP contribution in [0.15, 0.2) is 48.5 Å². The van der Waals surface area contributed by atoms with Gasteiger partial charge in [-0.05, 0) is 41.7 Å². The lowest BCUT2D eigenvalue weighted by Gasteiger charge is -2.35. The summed E-state index contributed by atoms with van der Waals surface area (Å²) in [7, 11) is -3.07. The first-order valence-corrected chi connectivity index (χ1v) is 11.8. The molecule has 28 heavy (non-hydrogen) atoms. The predicted molar refractivity (Wildman–Crippen MR) is 112 cm³/mol. The number of hydrogen-bond donors (Lipinski definition) is 1. The summed E-state index contributed by atoms with van der Waals surface area (Å²) in [5, 5.41) is 3.04. The van der Waals surface area contributed by atoms with Gasteiger partial charge in [-0.15, -0.1) is 0 Å². The molecule has 0 saturated carbocycles. The number of rotatable bonds is 7. The summed E-state index contributed by atoms with van der Waals surface area (Å²) in [4.78, 5) is 14.9. The molecule has 0 bridgehead atoms. The number of nitrogens with zero attached hydrogens (tertiary/aromatic N) is 1. The topological polar surface area (TPSA) is 66.5 Å². The first-order chi connectivity index (χ1) is 13.4. The highest BCUT2D eigenvalue weighted by molar-refractivity contribution is 7.89. The van der Waals surface area contributed by atoms with Crippen LogP contribution in [0.5, 0.6) is 0 Å². The van der Waals surface area contributed by atoms with Gasteiger partial charge in [0.25, 0.3) is 5.91 Å². The van der Waals surface area contributed by atoms with Crippen molar-refractivity contribution in [3.05, 3.63) is 70.8 Å². The van der Waals surface area contributed by atoms with Crippen molar-refractivity contribution < 1.29 is 13.2 Å². The SMILES string of the molecule is CCC(CNC(=O)c1ccc(CS(C)(=O)=O)cc1)N1CCc2ccccc2C1. The van der Waals surface area contributed by atoms with E-state index < -0.39 is 9.84 Å². The first kappa shape index (κ1) is 20.6. The second-order valence-electron chi connectivity index (χ2n) is 7.53. The summed E-state index contributed by atoms with van der Waals surface area (Å²) < 4.78 is 22.7. The number of carbonyl (C=O) groups excluding carboxylic acids is 1. The van der Waals surface area contributed by atoms with Gasteiger partial charge in [-0.1, -0.05) is 43.3 Å². The van der Waals surface area contributed by atoms with Gasteiger partial charge in [-0.2, -0.15) is 0 Å². The van der Waals surface area contributed by atoms with Crippen LogP contribution in [0.1, 0.15) is 40.4 Å². The molecule has 2 aromatic carbocycles. The van der Waals surface area contributed by atoms with Gasteiger partial charge >= 0.3 is 0 Å². The number of benzene rings is 2. The van der Waals surface area contributed by atoms with Crippen LogP contribution in [0, 0.1) is 0 Å². The van der Waals surface area contributed by atoms with Crippen LogP contribution < -0.4 is 5.32 Å². The Morgan fingerprint density at radius 2 is 1.79 bits per heavy atom. The van der Waals surface area contributed by atoms with Crippen molar-refractivity contribution in [2.75, 3.05) is 19.3 Å². The molecule has 1 aliphatic rings. The molecule has 3 rings (SSSR count). The molecule has 1 N–H and O–H groups in total. The highest BCUT2D eigenvalue weighted by Crippen LogP contribution is 2.21. The van der Waals surface area contributed by atoms with Gasteiger partial charge in [0.05, 0.1) is 5.75 Å². The zero-order valence-corrected chi connectivity index (χ0v) is 17.3. The van der Waals surface area contributed by atoms with Gasteiger partial charge in [-0.3, -0.25) is 9.69 Å². The van der Waals surface area contributed by atoms with E-state index in [9.17, 15) is 13.2 Å². The molecule has 1 amide bonds. The summed E-state index contributed by atoms with van der Waals surface area (Å²) in [6, 6.07) is 15.6. The fourth-order valence-electron chi connectivity index (χ4n) is 3.73. The molecule has 2 aromatic rings. The molecule has 5 nitrogen and oxygen atoms in total. The van der Waals surface area contributed by atoms with E-state index in [1.54, 1.807) is 24.3 Å². The third-order valence-corrected chi connectivity index (χ3v) is 6.15. The van der Waals surface area contributed by atoms with Crippen LogP contribution in [0.3, 0.4) is 0 Å². The zero-order chi connectivity index (χ0) is 20.1. The molecule has 0 spiro atoms. The Morgan fingerprint density at radius 1 is 1.11 bits per heavy atom. The molecule has 150 valence electrons. The molecule has 1 unspecified atom stereocenters. The Bertz CT molecular complexity index is 923. The highest BCUT2D eigenvalue weighted by Gasteiger charge is 2.22. The average Bonchev–Trinajstić information content (AvgIpc) is 2.67. The van der Waals surface area contributed by atoms with Crippen LogP contribution in [0.4, 0.5) is 0 Å². The fourth-order valence-corrected chi connectivity index (χ4v) is 4.53. The van der Waals surface area contributed by atoms with Crippen molar-refractivity contribution >= 4 is 15.7 Å². The first-order valence-electron chi connectivity index (χ1n) is 9.71. The molecule has 0 fully saturated rings. The van der Waals surface area contributed by atoms with Crippen LogP contribution >= 0.6 is 0 Å². The Balaban J connectivity index is 1.57. The Kier molecular flexibility index (Phi) is 6.52. The number of amides is 1. The van der Waals surface area contributed by atoms with E-state index in [4.69, 9.17) is 0 Å². The van der Waals surface area contributed by atoms with Crippen molar-refractivity contribution in [2.45, 2.75) is 38.1 Å². The molecule has 0 aliphatic carbocycles. The van der Waals surface area contributed by atoms with Crippen molar-refractivity contribution in [3.63, 3.8) is 0 Å². The summed E-state index contributed by atoms with van der Waals surface area (Å²) in [6.07, 6.45) is 3.22. The van der Waals surface area contributed by atoms with Gasteiger partial charge in [0.1, 0.15) is 0 Å². The maximum absolute atomic E-state index is 12.5. The number of hydrogen-bond acceptors (Lipinski definition) is 4. The second-order valence-corrected chi connectivity index (χ2v) is 9.67. The number of nitrogens with one attached hydrogen (secondary N) is 1. The van der Waals surface area contributed by atoms with E-state index in [1.807, 2.05) is 0 Å². The third kappa shape index (κ3) is 5.42. The van der Waals surface area contributed by atoms with E-state index in [0.29, 0.717) is 23.7 Å². The third-order valence-electron chi connectivity index (χ3n) is 5.29. The van der Waals surface area contributed by atoms with Crippen LogP contribution in [0.2, 0.25) is 0 Å². The molecular formula is C22H28N2O3S. The normalized spacial score (nSPS) is 15.6. The molecular weight excluding hydrogens is 372 g/mol. The smallest absolute Gasteiger partial charge is 0.251 e. The molecule has 0 saturated heterocycles. The Morgan fingerprint density at radius 3 is 2.43 bits per heavy atom. The van der Waals surface area contributed by atoms with E-state index in [0.717, 1.165) is 25.9 Å². The van der Waals surface area contributed by atoms with Crippen molar-refractivity contribution in [3.8, 4) is 0 Å². The number of sulfone groups is 1. The molecule has 0 radical (unpaired) electrons. The van der Waals surface area contributed by atoms with E-state index >= 15 is 0 Å². The lowest BCUT2D eigenvalue weighted by molar-refractivity contribution is 0.0926. The second kappa shape index (κ2) is 8.88. The van der Waals surface area contributed by atoms with Gasteiger partial charge in [0.2, 0.25) is 0 Å². The van der Waals surface area contributed by atoms with Gasteiger partial charge < -0.3 is 5.32 Å². The summed E-state index contributed by atoms with van der Waals surface area (Å²) in [5.41, 5.74) is 4.04. The molecule has 6 heteroatoms. The van der Waals surface area contributed by atoms with Crippen molar-refractivity contribution in [1.82, 2.24) is 10.2 Å². The lowest BCUT2D eigenvalue weighted by atomic mass is 9.98. The van der Waals surface area contributed by atoms with Gasteiger partial charge in [0.15, 0.2) is 9.84 Å². The minimum atomic E-state index is -3.07. The Hall–Kier alpha value is -2.18. The quantitative estimate of drug-likeness (QED) is 0.776. The maximum Gasteiger partial charge on any atom is 0.251 e. The van der Waals surface area contributed by atoms with E-state index in [2.05, 4.69) is 41.4 Å². The monoisotopic (exact) mass is 400 g/mol. The van der Waals surface area contributed by atoms with Crippen molar-refractivity contribution in [2.24, 2.45) is 0 Å². The summed E-state index contributed by atoms with van der Waals surface area (Å²) >= 11 is 0. The summed E-state index contributed by atoms with van der Waals surface area (Å²) in [5.74, 6) is -0.134. The largest absolute Gasteiger partial charge is 0.350 e. The average molecular weight is 401 g/mol. The fraction of sp³-hybridized carbons (Fsp3) is 0.409. The molecule has 0 aromatic heterocycles. The van der Waals surface area contributed by atoms with E-state index in [-0.39, 0.29) is 11.7 Å². The molecule has 1 heterocycles. The zero-order valence-electron chi connectivity index (χ0n) is 16.5. The number of carbonyl (C=O) groups is 1. The summed E-state index contributed by atoms with van der Waals surface area (Å²) in [6.45, 7) is 4.68. The maximum atomic E-state index is 12.5. The van der Waals surface area contributed by atoms with Gasteiger partial charge in [-0.25, -0.2) is 8.42 Å². The standard InChI is InChI=1S/C22H28N2O3S/c1-3-21(24-13-12-18-6-4-5-7-20(18)15-24)14-23-22(25)19-10-8-17(9-11-19)16-28(2,26)27/h4-11,21H,3,12-16H2,1-2H3,(H,23,25). The highest BCUT2D eigenvalue weighted by atomic mass is 32.2. The molecule has 1 aliphatic heterocycles. The van der Waals surface area contributed by atoms with Crippen molar-refractivity contribution in [1.29, 1.82) is 0 Å². The van der Waals surface area contributed by atoms with E-state index in [1.165, 1.54) is 17.4 Å². The predicted octanol–water partition coefficient (Wildman–Crippen LogP) is 2.80. The van der Waals surface area contributed by atoms with Crippen LogP contribution in [-0.4, -0.2) is 44.6 Å². The minimum Gasteiger partial charge on any atom is -0.350 e. The Labute approximate surface area is 167 Å².